The summed E-state index contributed by atoms with van der Waals surface area (Å²) in [5.41, 5.74) is 7.87. The summed E-state index contributed by atoms with van der Waals surface area (Å²) in [5, 5.41) is 14.4. The molecule has 180 valence electrons. The standard InChI is InChI=1S/C27H21ClFN5O2/c1-15(32-25-19(14-31-27(30)33-25)16-10-11-23(35)21(29)12-16)22-13-17-6-5-9-20(28)24(17)26(36)34(22)18-7-3-2-4-8-18/h2-15,35H,1H3,(H3,30,31,32,33)/t15-/m0/s1. The van der Waals surface area contributed by atoms with Crippen molar-refractivity contribution in [3.8, 4) is 22.6 Å². The molecule has 0 aliphatic rings. The van der Waals surface area contributed by atoms with Crippen LogP contribution in [0, 0.1) is 5.82 Å². The van der Waals surface area contributed by atoms with Gasteiger partial charge in [-0.2, -0.15) is 4.98 Å². The number of para-hydroxylation sites is 1. The van der Waals surface area contributed by atoms with Crippen molar-refractivity contribution in [3.05, 3.63) is 106 Å². The SMILES string of the molecule is C[C@H](Nc1nc(N)ncc1-c1ccc(O)c(F)c1)c1cc2cccc(Cl)c2c(=O)n1-c1ccccc1. The van der Waals surface area contributed by atoms with Crippen LogP contribution in [0.15, 0.2) is 83.8 Å². The topological polar surface area (TPSA) is 106 Å². The van der Waals surface area contributed by atoms with E-state index in [4.69, 9.17) is 17.3 Å². The van der Waals surface area contributed by atoms with Crippen LogP contribution in [0.1, 0.15) is 18.7 Å². The van der Waals surface area contributed by atoms with Gasteiger partial charge in [-0.3, -0.25) is 9.36 Å². The number of nitrogens with one attached hydrogen (secondary N) is 1. The second-order valence-corrected chi connectivity index (χ2v) is 8.68. The Kier molecular flexibility index (Phi) is 6.03. The highest BCUT2D eigenvalue weighted by Gasteiger charge is 2.20. The second kappa shape index (κ2) is 9.31. The van der Waals surface area contributed by atoms with Crippen LogP contribution in [-0.2, 0) is 0 Å². The van der Waals surface area contributed by atoms with Gasteiger partial charge in [0, 0.05) is 23.1 Å². The molecule has 5 rings (SSSR count). The van der Waals surface area contributed by atoms with Crippen LogP contribution in [0.5, 0.6) is 5.75 Å². The monoisotopic (exact) mass is 501 g/mol. The summed E-state index contributed by atoms with van der Waals surface area (Å²) in [7, 11) is 0. The molecule has 0 bridgehead atoms. The Balaban J connectivity index is 1.66. The van der Waals surface area contributed by atoms with E-state index < -0.39 is 17.6 Å². The summed E-state index contributed by atoms with van der Waals surface area (Å²) in [6.07, 6.45) is 1.48. The molecule has 7 nitrogen and oxygen atoms in total. The lowest BCUT2D eigenvalue weighted by molar-refractivity contribution is 0.432. The van der Waals surface area contributed by atoms with Crippen molar-refractivity contribution in [2.75, 3.05) is 11.1 Å². The molecule has 0 fully saturated rings. The van der Waals surface area contributed by atoms with Crippen molar-refractivity contribution in [1.82, 2.24) is 14.5 Å². The highest BCUT2D eigenvalue weighted by molar-refractivity contribution is 6.35. The number of anilines is 2. The molecule has 0 aliphatic heterocycles. The number of nitrogen functional groups attached to an aromatic ring is 1. The molecular weight excluding hydrogens is 481 g/mol. The van der Waals surface area contributed by atoms with Gasteiger partial charge in [0.2, 0.25) is 5.95 Å². The molecule has 0 radical (unpaired) electrons. The number of hydrogen-bond acceptors (Lipinski definition) is 6. The van der Waals surface area contributed by atoms with Crippen LogP contribution in [0.3, 0.4) is 0 Å². The lowest BCUT2D eigenvalue weighted by atomic mass is 10.1. The number of aromatic nitrogens is 3. The average Bonchev–Trinajstić information content (AvgIpc) is 2.86. The van der Waals surface area contributed by atoms with Gasteiger partial charge in [-0.15, -0.1) is 0 Å². The molecule has 0 unspecified atom stereocenters. The Hall–Kier alpha value is -4.43. The maximum Gasteiger partial charge on any atom is 0.264 e. The molecular formula is C27H21ClFN5O2. The predicted molar refractivity (Wildman–Crippen MR) is 140 cm³/mol. The van der Waals surface area contributed by atoms with Gasteiger partial charge < -0.3 is 16.2 Å². The molecule has 3 aromatic carbocycles. The maximum atomic E-state index is 14.1. The highest BCUT2D eigenvalue weighted by atomic mass is 35.5. The van der Waals surface area contributed by atoms with E-state index in [0.717, 1.165) is 0 Å². The summed E-state index contributed by atoms with van der Waals surface area (Å²) < 4.78 is 15.7. The number of pyridine rings is 1. The van der Waals surface area contributed by atoms with E-state index in [1.165, 1.54) is 18.3 Å². The zero-order valence-corrected chi connectivity index (χ0v) is 19.9. The molecule has 0 saturated heterocycles. The second-order valence-electron chi connectivity index (χ2n) is 8.27. The van der Waals surface area contributed by atoms with Gasteiger partial charge in [0.15, 0.2) is 11.6 Å². The Morgan fingerprint density at radius 3 is 2.61 bits per heavy atom. The van der Waals surface area contributed by atoms with Crippen molar-refractivity contribution >= 4 is 34.1 Å². The fourth-order valence-corrected chi connectivity index (χ4v) is 4.43. The molecule has 2 aromatic heterocycles. The first-order valence-electron chi connectivity index (χ1n) is 11.1. The number of aromatic hydroxyl groups is 1. The highest BCUT2D eigenvalue weighted by Crippen LogP contribution is 2.32. The van der Waals surface area contributed by atoms with Gasteiger partial charge >= 0.3 is 0 Å². The molecule has 9 heteroatoms. The number of nitrogens with two attached hydrogens (primary N) is 1. The zero-order chi connectivity index (χ0) is 25.4. The number of phenols is 1. The molecule has 0 aliphatic carbocycles. The van der Waals surface area contributed by atoms with Crippen LogP contribution >= 0.6 is 11.6 Å². The summed E-state index contributed by atoms with van der Waals surface area (Å²) in [4.78, 5) is 22.1. The molecule has 2 heterocycles. The van der Waals surface area contributed by atoms with Crippen molar-refractivity contribution < 1.29 is 9.50 Å². The smallest absolute Gasteiger partial charge is 0.264 e. The number of fused-ring (bicyclic) bond motifs is 1. The number of rotatable bonds is 5. The normalized spacial score (nSPS) is 12.0. The van der Waals surface area contributed by atoms with Gasteiger partial charge in [0.1, 0.15) is 5.82 Å². The first-order chi connectivity index (χ1) is 17.3. The number of hydrogen-bond donors (Lipinski definition) is 3. The number of halogens is 2. The van der Waals surface area contributed by atoms with E-state index >= 15 is 0 Å². The number of benzene rings is 3. The Labute approximate surface area is 210 Å². The third-order valence-corrected chi connectivity index (χ3v) is 6.22. The molecule has 0 saturated carbocycles. The first kappa shape index (κ1) is 23.3. The van der Waals surface area contributed by atoms with E-state index in [-0.39, 0.29) is 11.5 Å². The molecule has 5 aromatic rings. The molecule has 1 atom stereocenters. The lowest BCUT2D eigenvalue weighted by Crippen LogP contribution is -2.26. The van der Waals surface area contributed by atoms with Gasteiger partial charge in [-0.25, -0.2) is 9.37 Å². The Bertz CT molecular complexity index is 1660. The average molecular weight is 502 g/mol. The third-order valence-electron chi connectivity index (χ3n) is 5.90. The molecule has 4 N–H and O–H groups in total. The Morgan fingerprint density at radius 2 is 1.86 bits per heavy atom. The first-order valence-corrected chi connectivity index (χ1v) is 11.5. The minimum atomic E-state index is -0.771. The van der Waals surface area contributed by atoms with Gasteiger partial charge in [0.05, 0.1) is 16.5 Å². The van der Waals surface area contributed by atoms with Gasteiger partial charge in [-0.05, 0) is 54.3 Å². The molecule has 36 heavy (non-hydrogen) atoms. The number of nitrogens with zero attached hydrogens (tertiary/aromatic N) is 3. The quantitative estimate of drug-likeness (QED) is 0.285. The van der Waals surface area contributed by atoms with E-state index in [2.05, 4.69) is 15.3 Å². The molecule has 0 spiro atoms. The van der Waals surface area contributed by atoms with Crippen LogP contribution < -0.4 is 16.6 Å². The van der Waals surface area contributed by atoms with E-state index in [1.54, 1.807) is 22.8 Å². The minimum absolute atomic E-state index is 0.0263. The lowest BCUT2D eigenvalue weighted by Gasteiger charge is -2.22. The van der Waals surface area contributed by atoms with Crippen molar-refractivity contribution in [3.63, 3.8) is 0 Å². The van der Waals surface area contributed by atoms with Crippen molar-refractivity contribution in [2.24, 2.45) is 0 Å². The summed E-state index contributed by atoms with van der Waals surface area (Å²) in [5.74, 6) is -0.857. The van der Waals surface area contributed by atoms with Gasteiger partial charge in [0.25, 0.3) is 5.56 Å². The van der Waals surface area contributed by atoms with E-state index in [1.807, 2.05) is 49.4 Å². The maximum absolute atomic E-state index is 14.1. The summed E-state index contributed by atoms with van der Waals surface area (Å²) in [6.45, 7) is 1.88. The van der Waals surface area contributed by atoms with E-state index in [9.17, 15) is 14.3 Å². The Morgan fingerprint density at radius 1 is 1.08 bits per heavy atom. The van der Waals surface area contributed by atoms with Crippen LogP contribution in [0.25, 0.3) is 27.6 Å². The summed E-state index contributed by atoms with van der Waals surface area (Å²) in [6, 6.07) is 20.0. The fraction of sp³-hybridized carbons (Fsp3) is 0.0741. The van der Waals surface area contributed by atoms with Crippen molar-refractivity contribution in [2.45, 2.75) is 13.0 Å². The number of phenolic OH excluding ortho intramolecular Hbond substituents is 1. The zero-order valence-electron chi connectivity index (χ0n) is 19.1. The van der Waals surface area contributed by atoms with Crippen LogP contribution in [0.2, 0.25) is 5.02 Å². The van der Waals surface area contributed by atoms with Crippen molar-refractivity contribution in [1.29, 1.82) is 0 Å². The molecule has 0 amide bonds. The predicted octanol–water partition coefficient (Wildman–Crippen LogP) is 5.70. The van der Waals surface area contributed by atoms with E-state index in [0.29, 0.717) is 44.1 Å². The minimum Gasteiger partial charge on any atom is -0.505 e. The van der Waals surface area contributed by atoms with Gasteiger partial charge in [-0.1, -0.05) is 48.0 Å². The largest absolute Gasteiger partial charge is 0.505 e. The van der Waals surface area contributed by atoms with Crippen LogP contribution in [0.4, 0.5) is 16.2 Å². The van der Waals surface area contributed by atoms with Crippen LogP contribution in [-0.4, -0.2) is 19.6 Å². The third kappa shape index (κ3) is 4.23. The summed E-state index contributed by atoms with van der Waals surface area (Å²) >= 11 is 6.41. The fourth-order valence-electron chi connectivity index (χ4n) is 4.17.